The second-order valence-corrected chi connectivity index (χ2v) is 7.20. The van der Waals surface area contributed by atoms with Gasteiger partial charge in [-0.1, -0.05) is 6.07 Å². The maximum absolute atomic E-state index is 12.2. The largest absolute Gasteiger partial charge is 0.360 e. The first kappa shape index (κ1) is 19.2. The Kier molecular flexibility index (Phi) is 5.77. The zero-order valence-electron chi connectivity index (χ0n) is 14.3. The summed E-state index contributed by atoms with van der Waals surface area (Å²) in [5, 5.41) is 19.6. The SMILES string of the molecule is Cc1ccc(N/C=C(/C#N)C(=O)Nc2ccc(S(N)(=O)=O)cc2)cc1C. The lowest BCUT2D eigenvalue weighted by Gasteiger charge is -2.07. The van der Waals surface area contributed by atoms with Gasteiger partial charge in [0.25, 0.3) is 5.91 Å². The zero-order valence-corrected chi connectivity index (χ0v) is 15.1. The molecule has 0 saturated carbocycles. The van der Waals surface area contributed by atoms with Crippen LogP contribution in [0.2, 0.25) is 0 Å². The number of anilines is 2. The molecule has 2 aromatic carbocycles. The highest BCUT2D eigenvalue weighted by atomic mass is 32.2. The summed E-state index contributed by atoms with van der Waals surface area (Å²) in [5.74, 6) is -0.618. The zero-order chi connectivity index (χ0) is 19.3. The molecule has 0 saturated heterocycles. The predicted molar refractivity (Wildman–Crippen MR) is 99.7 cm³/mol. The van der Waals surface area contributed by atoms with Crippen LogP contribution in [0.1, 0.15) is 11.1 Å². The average molecular weight is 370 g/mol. The van der Waals surface area contributed by atoms with E-state index in [-0.39, 0.29) is 10.5 Å². The van der Waals surface area contributed by atoms with E-state index in [1.165, 1.54) is 30.5 Å². The molecule has 0 aromatic heterocycles. The molecule has 0 heterocycles. The third-order valence-electron chi connectivity index (χ3n) is 3.70. The first-order valence-electron chi connectivity index (χ1n) is 7.59. The highest BCUT2D eigenvalue weighted by Gasteiger charge is 2.11. The lowest BCUT2D eigenvalue weighted by Crippen LogP contribution is -2.15. The highest BCUT2D eigenvalue weighted by molar-refractivity contribution is 7.89. The Bertz CT molecular complexity index is 1000. The molecule has 0 aliphatic heterocycles. The number of rotatable bonds is 5. The minimum absolute atomic E-state index is 0.0667. The normalized spacial score (nSPS) is 11.5. The van der Waals surface area contributed by atoms with Crippen LogP contribution < -0.4 is 15.8 Å². The molecule has 26 heavy (non-hydrogen) atoms. The second kappa shape index (κ2) is 7.82. The van der Waals surface area contributed by atoms with E-state index in [0.29, 0.717) is 5.69 Å². The molecule has 0 bridgehead atoms. The van der Waals surface area contributed by atoms with Gasteiger partial charge in [-0.2, -0.15) is 5.26 Å². The van der Waals surface area contributed by atoms with Crippen molar-refractivity contribution in [3.05, 3.63) is 65.4 Å². The molecule has 0 radical (unpaired) electrons. The van der Waals surface area contributed by atoms with Gasteiger partial charge in [0.05, 0.1) is 4.90 Å². The number of nitriles is 1. The fraction of sp³-hybridized carbons (Fsp3) is 0.111. The second-order valence-electron chi connectivity index (χ2n) is 5.64. The molecule has 0 fully saturated rings. The molecule has 0 spiro atoms. The van der Waals surface area contributed by atoms with Crippen LogP contribution in [-0.2, 0) is 14.8 Å². The molecule has 4 N–H and O–H groups in total. The molecular weight excluding hydrogens is 352 g/mol. The number of carbonyl (C=O) groups is 1. The van der Waals surface area contributed by atoms with Crippen LogP contribution in [0, 0.1) is 25.2 Å². The maximum atomic E-state index is 12.2. The topological polar surface area (TPSA) is 125 Å². The summed E-state index contributed by atoms with van der Waals surface area (Å²) in [6, 6.07) is 12.8. The molecule has 1 amide bonds. The van der Waals surface area contributed by atoms with E-state index >= 15 is 0 Å². The molecule has 0 aliphatic rings. The van der Waals surface area contributed by atoms with E-state index < -0.39 is 15.9 Å². The van der Waals surface area contributed by atoms with Gasteiger partial charge in [-0.25, -0.2) is 13.6 Å². The van der Waals surface area contributed by atoms with Crippen LogP contribution in [0.15, 0.2) is 59.1 Å². The van der Waals surface area contributed by atoms with Gasteiger partial charge >= 0.3 is 0 Å². The molecule has 2 rings (SSSR count). The van der Waals surface area contributed by atoms with Gasteiger partial charge in [-0.15, -0.1) is 0 Å². The van der Waals surface area contributed by atoms with Gasteiger partial charge in [0.15, 0.2) is 0 Å². The molecular formula is C18H18N4O3S. The molecule has 8 heteroatoms. The van der Waals surface area contributed by atoms with E-state index in [2.05, 4.69) is 10.6 Å². The first-order chi connectivity index (χ1) is 12.2. The lowest BCUT2D eigenvalue weighted by molar-refractivity contribution is -0.112. The van der Waals surface area contributed by atoms with Gasteiger partial charge in [0.2, 0.25) is 10.0 Å². The van der Waals surface area contributed by atoms with Crippen molar-refractivity contribution in [1.82, 2.24) is 0 Å². The Morgan fingerprint density at radius 3 is 2.23 bits per heavy atom. The number of nitrogens with zero attached hydrogens (tertiary/aromatic N) is 1. The number of carbonyl (C=O) groups excluding carboxylic acids is 1. The van der Waals surface area contributed by atoms with Crippen LogP contribution >= 0.6 is 0 Å². The summed E-state index contributed by atoms with van der Waals surface area (Å²) < 4.78 is 22.4. The minimum atomic E-state index is -3.80. The Morgan fingerprint density at radius 2 is 1.69 bits per heavy atom. The summed E-state index contributed by atoms with van der Waals surface area (Å²) in [4.78, 5) is 12.1. The number of nitrogens with two attached hydrogens (primary N) is 1. The van der Waals surface area contributed by atoms with Gasteiger partial charge in [0.1, 0.15) is 11.6 Å². The van der Waals surface area contributed by atoms with Crippen molar-refractivity contribution in [3.8, 4) is 6.07 Å². The Morgan fingerprint density at radius 1 is 1.08 bits per heavy atom. The third-order valence-corrected chi connectivity index (χ3v) is 4.63. The summed E-state index contributed by atoms with van der Waals surface area (Å²) in [5.41, 5.74) is 3.20. The van der Waals surface area contributed by atoms with Crippen molar-refractivity contribution < 1.29 is 13.2 Å². The molecule has 7 nitrogen and oxygen atoms in total. The maximum Gasteiger partial charge on any atom is 0.267 e. The van der Waals surface area contributed by atoms with Gasteiger partial charge < -0.3 is 10.6 Å². The summed E-state index contributed by atoms with van der Waals surface area (Å²) >= 11 is 0. The first-order valence-corrected chi connectivity index (χ1v) is 9.13. The lowest BCUT2D eigenvalue weighted by atomic mass is 10.1. The Labute approximate surface area is 152 Å². The van der Waals surface area contributed by atoms with Gasteiger partial charge in [-0.05, 0) is 61.4 Å². The number of benzene rings is 2. The van der Waals surface area contributed by atoms with Crippen molar-refractivity contribution in [1.29, 1.82) is 5.26 Å². The number of hydrogen-bond acceptors (Lipinski definition) is 5. The number of nitrogens with one attached hydrogen (secondary N) is 2. The third kappa shape index (κ3) is 4.92. The van der Waals surface area contributed by atoms with E-state index in [1.54, 1.807) is 0 Å². The molecule has 2 aromatic rings. The fourth-order valence-electron chi connectivity index (χ4n) is 2.06. The average Bonchev–Trinajstić information content (AvgIpc) is 2.58. The van der Waals surface area contributed by atoms with E-state index in [0.717, 1.165) is 16.8 Å². The van der Waals surface area contributed by atoms with Gasteiger partial charge in [0, 0.05) is 17.6 Å². The van der Waals surface area contributed by atoms with Crippen molar-refractivity contribution >= 4 is 27.3 Å². The number of primary sulfonamides is 1. The summed E-state index contributed by atoms with van der Waals surface area (Å²) in [6.45, 7) is 3.96. The van der Waals surface area contributed by atoms with Crippen molar-refractivity contribution in [2.24, 2.45) is 5.14 Å². The van der Waals surface area contributed by atoms with Crippen LogP contribution in [0.5, 0.6) is 0 Å². The van der Waals surface area contributed by atoms with Crippen molar-refractivity contribution in [2.75, 3.05) is 10.6 Å². The van der Waals surface area contributed by atoms with Crippen LogP contribution in [-0.4, -0.2) is 14.3 Å². The van der Waals surface area contributed by atoms with Crippen LogP contribution in [0.4, 0.5) is 11.4 Å². The quantitative estimate of drug-likeness (QED) is 0.550. The highest BCUT2D eigenvalue weighted by Crippen LogP contribution is 2.16. The smallest absolute Gasteiger partial charge is 0.267 e. The van der Waals surface area contributed by atoms with E-state index in [4.69, 9.17) is 5.14 Å². The number of sulfonamides is 1. The summed E-state index contributed by atoms with van der Waals surface area (Å²) in [6.07, 6.45) is 1.32. The molecule has 134 valence electrons. The Hall–Kier alpha value is -3.15. The standard InChI is InChI=1S/C18H18N4O3S/c1-12-3-4-16(9-13(12)2)21-11-14(10-19)18(23)22-15-5-7-17(8-6-15)26(20,24)25/h3-9,11,21H,1-2H3,(H,22,23)(H2,20,24,25)/b14-11-. The number of amides is 1. The van der Waals surface area contributed by atoms with E-state index in [1.807, 2.05) is 38.1 Å². The molecule has 0 aliphatic carbocycles. The van der Waals surface area contributed by atoms with Crippen molar-refractivity contribution in [2.45, 2.75) is 18.7 Å². The number of aryl methyl sites for hydroxylation is 2. The predicted octanol–water partition coefficient (Wildman–Crippen LogP) is 2.41. The number of hydrogen-bond donors (Lipinski definition) is 3. The fourth-order valence-corrected chi connectivity index (χ4v) is 2.58. The molecule has 0 unspecified atom stereocenters. The van der Waals surface area contributed by atoms with Gasteiger partial charge in [-0.3, -0.25) is 4.79 Å². The van der Waals surface area contributed by atoms with Crippen LogP contribution in [0.25, 0.3) is 0 Å². The molecule has 0 atom stereocenters. The van der Waals surface area contributed by atoms with E-state index in [9.17, 15) is 18.5 Å². The monoisotopic (exact) mass is 370 g/mol. The minimum Gasteiger partial charge on any atom is -0.360 e. The van der Waals surface area contributed by atoms with Crippen molar-refractivity contribution in [3.63, 3.8) is 0 Å². The Balaban J connectivity index is 2.10. The van der Waals surface area contributed by atoms with Crippen LogP contribution in [0.3, 0.4) is 0 Å². The summed E-state index contributed by atoms with van der Waals surface area (Å²) in [7, 11) is -3.80.